The van der Waals surface area contributed by atoms with Gasteiger partial charge in [-0.2, -0.15) is 0 Å². The number of pyridine rings is 4. The highest BCUT2D eigenvalue weighted by atomic mass is 79.9. The van der Waals surface area contributed by atoms with E-state index in [9.17, 15) is 9.50 Å². The number of rotatable bonds is 7. The molecular formula is C36H31BBrFN6O6. The van der Waals surface area contributed by atoms with Crippen LogP contribution in [0.4, 0.5) is 4.39 Å². The summed E-state index contributed by atoms with van der Waals surface area (Å²) in [5, 5.41) is 27.0. The number of methoxy groups -OCH3 is 2. The maximum absolute atomic E-state index is 12.3. The third-order valence-electron chi connectivity index (χ3n) is 7.62. The number of ether oxygens (including phenoxy) is 3. The average Bonchev–Trinajstić information content (AvgIpc) is 3.70. The van der Waals surface area contributed by atoms with Crippen LogP contribution in [0.5, 0.6) is 23.3 Å². The minimum Gasteiger partial charge on any atom is -0.508 e. The largest absolute Gasteiger partial charge is 0.508 e. The molecule has 0 radical (unpaired) electrons. The van der Waals surface area contributed by atoms with Gasteiger partial charge in [0.15, 0.2) is 0 Å². The van der Waals surface area contributed by atoms with Crippen LogP contribution in [0.2, 0.25) is 0 Å². The lowest BCUT2D eigenvalue weighted by molar-refractivity contribution is 0.273. The molecule has 0 fully saturated rings. The Bertz CT molecular complexity index is 2440. The number of benzene rings is 2. The maximum atomic E-state index is 12.3. The van der Waals surface area contributed by atoms with Crippen molar-refractivity contribution in [3.05, 3.63) is 114 Å². The van der Waals surface area contributed by atoms with Crippen LogP contribution in [0.1, 0.15) is 0 Å². The predicted octanol–water partition coefficient (Wildman–Crippen LogP) is 5.63. The van der Waals surface area contributed by atoms with Crippen LogP contribution < -0.4 is 19.7 Å². The first kappa shape index (κ1) is 35.1. The average molecular weight is 753 g/mol. The fourth-order valence-corrected chi connectivity index (χ4v) is 5.65. The van der Waals surface area contributed by atoms with Crippen molar-refractivity contribution in [3.63, 3.8) is 0 Å². The Labute approximate surface area is 299 Å². The molecule has 0 unspecified atom stereocenters. The van der Waals surface area contributed by atoms with E-state index in [-0.39, 0.29) is 23.7 Å². The molecule has 0 aliphatic heterocycles. The highest BCUT2D eigenvalue weighted by molar-refractivity contribution is 9.10. The molecule has 0 atom stereocenters. The van der Waals surface area contributed by atoms with Gasteiger partial charge in [0.05, 0.1) is 36.3 Å². The zero-order valence-electron chi connectivity index (χ0n) is 27.4. The summed E-state index contributed by atoms with van der Waals surface area (Å²) in [4.78, 5) is 17.1. The molecule has 0 saturated heterocycles. The van der Waals surface area contributed by atoms with Crippen molar-refractivity contribution in [2.75, 3.05) is 27.5 Å². The number of fused-ring (bicyclic) bond motifs is 6. The maximum Gasteiger partial charge on any atom is 0.493 e. The van der Waals surface area contributed by atoms with Crippen LogP contribution in [0, 0.1) is 0 Å². The van der Waals surface area contributed by atoms with Gasteiger partial charge in [0.1, 0.15) is 36.1 Å². The van der Waals surface area contributed by atoms with E-state index < -0.39 is 13.8 Å². The summed E-state index contributed by atoms with van der Waals surface area (Å²) in [7, 11) is 1.50. The van der Waals surface area contributed by atoms with E-state index in [4.69, 9.17) is 24.3 Å². The number of phenols is 1. The van der Waals surface area contributed by atoms with Crippen molar-refractivity contribution >= 4 is 61.9 Å². The lowest BCUT2D eigenvalue weighted by Crippen LogP contribution is -2.31. The summed E-state index contributed by atoms with van der Waals surface area (Å²) in [5.74, 6) is 1.70. The van der Waals surface area contributed by atoms with Crippen LogP contribution in [0.3, 0.4) is 0 Å². The lowest BCUT2D eigenvalue weighted by atomic mass is 9.81. The second-order valence-electron chi connectivity index (χ2n) is 10.8. The summed E-state index contributed by atoms with van der Waals surface area (Å²) in [6, 6.07) is 25.6. The molecule has 8 aromatic rings. The van der Waals surface area contributed by atoms with Gasteiger partial charge < -0.3 is 29.4 Å². The molecule has 2 aromatic carbocycles. The van der Waals surface area contributed by atoms with E-state index in [0.717, 1.165) is 49.0 Å². The Balaban J connectivity index is 0.000000146. The monoisotopic (exact) mass is 752 g/mol. The normalized spacial score (nSPS) is 10.8. The fraction of sp³-hybridized carbons (Fsp3) is 0.111. The molecule has 0 aliphatic rings. The SMILES string of the molecule is COc1ncccc1-c1ccn2c(c1)nc1ccc(OCCF)cc12.COc1ncccc1B(O)O.Oc1ccc2nc3cc(Br)ccn3c2c1. The third kappa shape index (κ3) is 7.85. The molecule has 258 valence electrons. The van der Waals surface area contributed by atoms with Crippen molar-refractivity contribution in [2.24, 2.45) is 0 Å². The predicted molar refractivity (Wildman–Crippen MR) is 197 cm³/mol. The topological polar surface area (TPSA) is 149 Å². The highest BCUT2D eigenvalue weighted by Gasteiger charge is 2.16. The molecule has 0 bridgehead atoms. The van der Waals surface area contributed by atoms with E-state index in [1.807, 2.05) is 75.8 Å². The molecule has 0 saturated carbocycles. The van der Waals surface area contributed by atoms with Gasteiger partial charge in [0.25, 0.3) is 0 Å². The molecule has 6 aromatic heterocycles. The Morgan fingerprint density at radius 2 is 1.41 bits per heavy atom. The Hall–Kier alpha value is -5.77. The zero-order chi connectivity index (χ0) is 35.9. The molecule has 0 amide bonds. The fourth-order valence-electron chi connectivity index (χ4n) is 5.32. The molecule has 12 nitrogen and oxygen atoms in total. The van der Waals surface area contributed by atoms with E-state index in [1.54, 1.807) is 37.6 Å². The van der Waals surface area contributed by atoms with Gasteiger partial charge in [0, 0.05) is 52.4 Å². The van der Waals surface area contributed by atoms with Crippen molar-refractivity contribution < 1.29 is 33.8 Å². The number of alkyl halides is 1. The van der Waals surface area contributed by atoms with Gasteiger partial charge in [0.2, 0.25) is 11.8 Å². The second kappa shape index (κ2) is 15.8. The molecule has 0 aliphatic carbocycles. The highest BCUT2D eigenvalue weighted by Crippen LogP contribution is 2.30. The first-order valence-corrected chi connectivity index (χ1v) is 16.3. The number of halogens is 2. The minimum absolute atomic E-state index is 0.0488. The standard InChI is InChI=1S/C19H16FN3O2.C11H7BrN2O.C6H8BNO3/c1-24-19-15(3-2-8-21-19)13-6-9-23-17-12-14(25-10-7-20)4-5-16(17)22-18(23)11-13;12-7-3-4-14-10-6-8(15)1-2-9(10)13-11(14)5-7;1-11-6-5(7(9)10)3-2-4-8-6/h2-6,8-9,11-12H,7,10H2,1H3;1-6,15H;2-4,9-10H,1H3. The summed E-state index contributed by atoms with van der Waals surface area (Å²) >= 11 is 3.40. The summed E-state index contributed by atoms with van der Waals surface area (Å²) < 4.78 is 32.7. The number of hydrogen-bond donors (Lipinski definition) is 3. The molecule has 3 N–H and O–H groups in total. The van der Waals surface area contributed by atoms with Crippen LogP contribution >= 0.6 is 15.9 Å². The summed E-state index contributed by atoms with van der Waals surface area (Å²) in [5.41, 5.74) is 7.39. The number of phenolic OH excluding ortho intramolecular Hbond substituents is 1. The number of hydrogen-bond acceptors (Lipinski definition) is 10. The smallest absolute Gasteiger partial charge is 0.493 e. The van der Waals surface area contributed by atoms with Crippen LogP contribution in [0.15, 0.2) is 114 Å². The van der Waals surface area contributed by atoms with Gasteiger partial charge in [-0.25, -0.2) is 24.3 Å². The van der Waals surface area contributed by atoms with Gasteiger partial charge >= 0.3 is 7.12 Å². The van der Waals surface area contributed by atoms with Crippen LogP contribution in [-0.4, -0.2) is 78.5 Å². The molecule has 15 heteroatoms. The van der Waals surface area contributed by atoms with Crippen molar-refractivity contribution in [1.29, 1.82) is 0 Å². The van der Waals surface area contributed by atoms with Gasteiger partial charge in [-0.1, -0.05) is 22.0 Å². The quantitative estimate of drug-likeness (QED) is 0.175. The summed E-state index contributed by atoms with van der Waals surface area (Å²) in [6.45, 7) is -0.464. The van der Waals surface area contributed by atoms with Gasteiger partial charge in [-0.15, -0.1) is 0 Å². The second-order valence-corrected chi connectivity index (χ2v) is 11.8. The molecule has 51 heavy (non-hydrogen) atoms. The summed E-state index contributed by atoms with van der Waals surface area (Å²) in [6.07, 6.45) is 7.09. The van der Waals surface area contributed by atoms with Gasteiger partial charge in [-0.3, -0.25) is 8.80 Å². The lowest BCUT2D eigenvalue weighted by Gasteiger charge is -2.07. The van der Waals surface area contributed by atoms with Gasteiger partial charge in [-0.05, 0) is 72.3 Å². The van der Waals surface area contributed by atoms with E-state index in [2.05, 4.69) is 35.9 Å². The van der Waals surface area contributed by atoms with Crippen molar-refractivity contribution in [2.45, 2.75) is 0 Å². The van der Waals surface area contributed by atoms with E-state index >= 15 is 0 Å². The number of aromatic hydroxyl groups is 1. The molecule has 6 heterocycles. The number of aromatic nitrogens is 6. The Morgan fingerprint density at radius 3 is 2.10 bits per heavy atom. The van der Waals surface area contributed by atoms with E-state index in [1.165, 1.54) is 19.4 Å². The minimum atomic E-state index is -1.53. The first-order valence-electron chi connectivity index (χ1n) is 15.5. The van der Waals surface area contributed by atoms with Crippen molar-refractivity contribution in [3.8, 4) is 34.4 Å². The third-order valence-corrected chi connectivity index (χ3v) is 8.11. The van der Waals surface area contributed by atoms with Crippen LogP contribution in [-0.2, 0) is 0 Å². The zero-order valence-corrected chi connectivity index (χ0v) is 29.0. The molecule has 0 spiro atoms. The number of imidazole rings is 2. The Morgan fingerprint density at radius 1 is 0.765 bits per heavy atom. The Kier molecular flexibility index (Phi) is 10.9. The molecule has 8 rings (SSSR count). The molecular weight excluding hydrogens is 722 g/mol. The van der Waals surface area contributed by atoms with Crippen LogP contribution in [0.25, 0.3) is 44.5 Å². The van der Waals surface area contributed by atoms with Crippen molar-refractivity contribution in [1.82, 2.24) is 28.7 Å². The number of nitrogens with zero attached hydrogens (tertiary/aromatic N) is 6. The first-order chi connectivity index (χ1) is 24.8. The van der Waals surface area contributed by atoms with E-state index in [0.29, 0.717) is 11.6 Å².